The number of hydrogen-bond donors (Lipinski definition) is 0. The summed E-state index contributed by atoms with van der Waals surface area (Å²) in [5.74, 6) is -3.93. The topological polar surface area (TPSA) is 26.3 Å². The van der Waals surface area contributed by atoms with Crippen LogP contribution in [0.2, 0.25) is 0 Å². The summed E-state index contributed by atoms with van der Waals surface area (Å²) >= 11 is 0. The second kappa shape index (κ2) is 11.7. The van der Waals surface area contributed by atoms with E-state index in [0.29, 0.717) is 11.3 Å². The molecule has 148 valence electrons. The second-order valence-electron chi connectivity index (χ2n) is 6.54. The number of hydrogen-bond acceptors (Lipinski definition) is 2. The molecule has 0 aromatic heterocycles. The maximum atomic E-state index is 12.9. The SMILES string of the molecule is CCCCC(C)C(Oc1ccc(PC(F)(F)F)cc1)C(=O)c1ccccc1.[LiH]. The van der Waals surface area contributed by atoms with Crippen molar-refractivity contribution in [1.82, 2.24) is 0 Å². The average molecular weight is 404 g/mol. The quantitative estimate of drug-likeness (QED) is 0.321. The molecule has 3 atom stereocenters. The first-order valence-corrected chi connectivity index (χ1v) is 10.0. The number of ether oxygens (including phenoxy) is 1. The standard InChI is InChI=1S/C21H24F3O2P.Li.H/c1-3-4-8-15(2)20(19(25)16-9-6-5-7-10-16)26-17-11-13-18(14-12-17)27-21(22,23)24;;/h5-7,9-15,20,27H,3-4,8H2,1-2H3;;. The van der Waals surface area contributed by atoms with Crippen molar-refractivity contribution in [3.8, 4) is 5.75 Å². The fraction of sp³-hybridized carbons (Fsp3) is 0.381. The zero-order chi connectivity index (χ0) is 19.9. The molecule has 0 saturated carbocycles. The Kier molecular flexibility index (Phi) is 10.3. The molecule has 3 unspecified atom stereocenters. The van der Waals surface area contributed by atoms with Crippen LogP contribution < -0.4 is 10.0 Å². The minimum absolute atomic E-state index is 0. The summed E-state index contributed by atoms with van der Waals surface area (Å²) in [5, 5.41) is 0.194. The Bertz CT molecular complexity index is 721. The molecule has 0 saturated heterocycles. The van der Waals surface area contributed by atoms with Crippen molar-refractivity contribution in [2.24, 2.45) is 5.92 Å². The van der Waals surface area contributed by atoms with E-state index in [2.05, 4.69) is 6.92 Å². The number of Topliss-reactive ketones (excluding diaryl/α,β-unsaturated/α-hetero) is 1. The van der Waals surface area contributed by atoms with E-state index in [1.807, 2.05) is 13.0 Å². The molecule has 2 nitrogen and oxygen atoms in total. The predicted molar refractivity (Wildman–Crippen MR) is 111 cm³/mol. The van der Waals surface area contributed by atoms with Gasteiger partial charge < -0.3 is 4.74 Å². The molecule has 0 aliphatic heterocycles. The molecule has 2 rings (SSSR count). The average Bonchev–Trinajstić information content (AvgIpc) is 2.64. The van der Waals surface area contributed by atoms with E-state index in [-0.39, 0.29) is 35.9 Å². The number of carbonyl (C=O) groups is 1. The van der Waals surface area contributed by atoms with Gasteiger partial charge in [-0.25, -0.2) is 0 Å². The van der Waals surface area contributed by atoms with Gasteiger partial charge in [0, 0.05) is 20.1 Å². The van der Waals surface area contributed by atoms with Crippen LogP contribution in [0.1, 0.15) is 43.5 Å². The van der Waals surface area contributed by atoms with Gasteiger partial charge in [0.2, 0.25) is 5.78 Å². The van der Waals surface area contributed by atoms with Crippen LogP contribution in [0.25, 0.3) is 0 Å². The molecular formula is C21H25F3LiO2P. The van der Waals surface area contributed by atoms with Crippen LogP contribution in [-0.4, -0.2) is 36.7 Å². The zero-order valence-corrected chi connectivity index (χ0v) is 16.4. The van der Waals surface area contributed by atoms with Crippen LogP contribution in [0, 0.1) is 5.92 Å². The van der Waals surface area contributed by atoms with Gasteiger partial charge in [-0.3, -0.25) is 4.79 Å². The van der Waals surface area contributed by atoms with Crippen LogP contribution in [0.15, 0.2) is 54.6 Å². The van der Waals surface area contributed by atoms with Gasteiger partial charge in [-0.1, -0.05) is 69.2 Å². The molecule has 0 aliphatic rings. The van der Waals surface area contributed by atoms with E-state index in [1.54, 1.807) is 24.3 Å². The number of carbonyl (C=O) groups excluding carboxylic acids is 1. The molecule has 0 radical (unpaired) electrons. The molecular weight excluding hydrogens is 379 g/mol. The third-order valence-corrected chi connectivity index (χ3v) is 5.16. The van der Waals surface area contributed by atoms with Crippen molar-refractivity contribution in [2.75, 3.05) is 0 Å². The van der Waals surface area contributed by atoms with Crippen molar-refractivity contribution in [1.29, 1.82) is 0 Å². The molecule has 7 heteroatoms. The summed E-state index contributed by atoms with van der Waals surface area (Å²) in [4.78, 5) is 12.9. The molecule has 0 N–H and O–H groups in total. The number of unbranched alkanes of at least 4 members (excludes halogenated alkanes) is 1. The fourth-order valence-corrected chi connectivity index (χ4v) is 3.46. The van der Waals surface area contributed by atoms with Gasteiger partial charge in [0.1, 0.15) is 5.75 Å². The van der Waals surface area contributed by atoms with Crippen LogP contribution in [0.5, 0.6) is 5.75 Å². The molecule has 2 aromatic carbocycles. The molecule has 0 spiro atoms. The Morgan fingerprint density at radius 3 is 2.21 bits per heavy atom. The summed E-state index contributed by atoms with van der Waals surface area (Å²) in [7, 11) is -1.25. The van der Waals surface area contributed by atoms with Gasteiger partial charge in [-0.2, -0.15) is 13.2 Å². The first-order chi connectivity index (χ1) is 12.8. The first-order valence-electron chi connectivity index (χ1n) is 9.01. The third kappa shape index (κ3) is 8.00. The number of ketones is 1. The first kappa shape index (κ1) is 24.8. The van der Waals surface area contributed by atoms with Gasteiger partial charge in [-0.05, 0) is 23.9 Å². The van der Waals surface area contributed by atoms with Gasteiger partial charge in [0.05, 0.1) is 0 Å². The van der Waals surface area contributed by atoms with Crippen molar-refractivity contribution in [3.63, 3.8) is 0 Å². The summed E-state index contributed by atoms with van der Waals surface area (Å²) in [5.41, 5.74) is 0.570. The van der Waals surface area contributed by atoms with Crippen LogP contribution in [0.3, 0.4) is 0 Å². The summed E-state index contributed by atoms with van der Waals surface area (Å²) in [6.45, 7) is 4.06. The Morgan fingerprint density at radius 2 is 1.68 bits per heavy atom. The molecule has 0 heterocycles. The Labute approximate surface area is 178 Å². The van der Waals surface area contributed by atoms with Gasteiger partial charge in [-0.15, -0.1) is 0 Å². The van der Waals surface area contributed by atoms with Gasteiger partial charge >= 0.3 is 24.8 Å². The number of rotatable bonds is 9. The van der Waals surface area contributed by atoms with E-state index in [4.69, 9.17) is 4.74 Å². The Morgan fingerprint density at radius 1 is 1.07 bits per heavy atom. The summed E-state index contributed by atoms with van der Waals surface area (Å²) in [6, 6.07) is 14.8. The minimum atomic E-state index is -4.22. The van der Waals surface area contributed by atoms with Crippen molar-refractivity contribution in [2.45, 2.75) is 45.1 Å². The van der Waals surface area contributed by atoms with Crippen LogP contribution >= 0.6 is 8.58 Å². The summed E-state index contributed by atoms with van der Waals surface area (Å²) < 4.78 is 43.5. The molecule has 0 aliphatic carbocycles. The molecule has 28 heavy (non-hydrogen) atoms. The van der Waals surface area contributed by atoms with E-state index in [1.165, 1.54) is 24.3 Å². The van der Waals surface area contributed by atoms with Crippen LogP contribution in [0.4, 0.5) is 13.2 Å². The van der Waals surface area contributed by atoms with E-state index >= 15 is 0 Å². The van der Waals surface area contributed by atoms with Gasteiger partial charge in [0.25, 0.3) is 0 Å². The third-order valence-electron chi connectivity index (χ3n) is 4.25. The van der Waals surface area contributed by atoms with Crippen molar-refractivity contribution in [3.05, 3.63) is 60.2 Å². The van der Waals surface area contributed by atoms with E-state index in [0.717, 1.165) is 19.3 Å². The Balaban J connectivity index is 0.00000392. The predicted octanol–water partition coefficient (Wildman–Crippen LogP) is 5.32. The molecule has 0 amide bonds. The monoisotopic (exact) mass is 404 g/mol. The van der Waals surface area contributed by atoms with Gasteiger partial charge in [0.15, 0.2) is 6.10 Å². The Hall–Kier alpha value is -1.27. The maximum absolute atomic E-state index is 12.9. The summed E-state index contributed by atoms with van der Waals surface area (Å²) in [6.07, 6.45) is 2.17. The number of benzene rings is 2. The normalized spacial score (nSPS) is 13.8. The second-order valence-corrected chi connectivity index (χ2v) is 7.93. The van der Waals surface area contributed by atoms with E-state index < -0.39 is 20.6 Å². The zero-order valence-electron chi connectivity index (χ0n) is 15.4. The number of halogens is 3. The van der Waals surface area contributed by atoms with Crippen molar-refractivity contribution >= 4 is 38.5 Å². The molecule has 0 fully saturated rings. The van der Waals surface area contributed by atoms with Crippen molar-refractivity contribution < 1.29 is 22.7 Å². The number of alkyl halides is 3. The van der Waals surface area contributed by atoms with E-state index in [9.17, 15) is 18.0 Å². The molecule has 0 bridgehead atoms. The fourth-order valence-electron chi connectivity index (χ4n) is 2.80. The van der Waals surface area contributed by atoms with Crippen LogP contribution in [-0.2, 0) is 0 Å². The molecule has 2 aromatic rings.